The summed E-state index contributed by atoms with van der Waals surface area (Å²) < 4.78 is 26.1. The molecule has 0 aromatic carbocycles. The van der Waals surface area contributed by atoms with Crippen molar-refractivity contribution < 1.29 is 8.42 Å². The van der Waals surface area contributed by atoms with Gasteiger partial charge in [-0.1, -0.05) is 6.07 Å². The zero-order chi connectivity index (χ0) is 15.3. The molecule has 0 atom stereocenters. The van der Waals surface area contributed by atoms with Crippen LogP contribution in [0.2, 0.25) is 0 Å². The van der Waals surface area contributed by atoms with Crippen molar-refractivity contribution in [1.29, 1.82) is 0 Å². The molecule has 2 aromatic heterocycles. The number of thiophene rings is 1. The predicted molar refractivity (Wildman–Crippen MR) is 84.0 cm³/mol. The van der Waals surface area contributed by atoms with Crippen LogP contribution in [0.25, 0.3) is 0 Å². The third-order valence-corrected chi connectivity index (χ3v) is 5.67. The third kappa shape index (κ3) is 3.99. The van der Waals surface area contributed by atoms with Gasteiger partial charge in [-0.05, 0) is 24.8 Å². The normalized spacial score (nSPS) is 11.8. The molecule has 0 fully saturated rings. The summed E-state index contributed by atoms with van der Waals surface area (Å²) in [5.41, 5.74) is 0. The molecule has 0 unspecified atom stereocenters. The van der Waals surface area contributed by atoms with Crippen LogP contribution in [0.4, 0.5) is 5.95 Å². The molecule has 0 saturated carbocycles. The molecule has 6 nitrogen and oxygen atoms in total. The van der Waals surface area contributed by atoms with Crippen molar-refractivity contribution >= 4 is 27.3 Å². The Bertz CT molecular complexity index is 654. The first kappa shape index (κ1) is 15.9. The predicted octanol–water partition coefficient (Wildman–Crippen LogP) is 1.83. The maximum Gasteiger partial charge on any atom is 0.245 e. The first-order valence-corrected chi connectivity index (χ1v) is 8.90. The van der Waals surface area contributed by atoms with Gasteiger partial charge < -0.3 is 5.32 Å². The van der Waals surface area contributed by atoms with Crippen molar-refractivity contribution in [2.75, 3.05) is 25.5 Å². The van der Waals surface area contributed by atoms with Gasteiger partial charge >= 0.3 is 0 Å². The van der Waals surface area contributed by atoms with Gasteiger partial charge in [-0.25, -0.2) is 22.7 Å². The topological polar surface area (TPSA) is 75.2 Å². The summed E-state index contributed by atoms with van der Waals surface area (Å²) in [6, 6.07) is 3.96. The zero-order valence-electron chi connectivity index (χ0n) is 12.0. The fourth-order valence-electron chi connectivity index (χ4n) is 1.72. The van der Waals surface area contributed by atoms with Gasteiger partial charge in [-0.2, -0.15) is 0 Å². The van der Waals surface area contributed by atoms with Crippen LogP contribution < -0.4 is 5.32 Å². The van der Waals surface area contributed by atoms with Crippen LogP contribution in [-0.4, -0.2) is 42.8 Å². The molecule has 0 radical (unpaired) electrons. The van der Waals surface area contributed by atoms with Crippen LogP contribution in [0.15, 0.2) is 34.8 Å². The highest BCUT2D eigenvalue weighted by atomic mass is 32.2. The summed E-state index contributed by atoms with van der Waals surface area (Å²) in [5, 5.41) is 4.91. The first-order valence-electron chi connectivity index (χ1n) is 6.58. The molecule has 0 aliphatic heterocycles. The Morgan fingerprint density at radius 1 is 1.33 bits per heavy atom. The second-order valence-corrected chi connectivity index (χ2v) is 7.51. The van der Waals surface area contributed by atoms with Crippen molar-refractivity contribution in [2.45, 2.75) is 18.2 Å². The minimum absolute atomic E-state index is 0.109. The number of anilines is 1. The van der Waals surface area contributed by atoms with E-state index in [9.17, 15) is 8.42 Å². The number of aromatic nitrogens is 2. The zero-order valence-corrected chi connectivity index (χ0v) is 13.6. The summed E-state index contributed by atoms with van der Waals surface area (Å²) in [4.78, 5) is 9.27. The van der Waals surface area contributed by atoms with Gasteiger partial charge in [0.1, 0.15) is 4.90 Å². The lowest BCUT2D eigenvalue weighted by Crippen LogP contribution is -2.29. The molecule has 0 saturated heterocycles. The van der Waals surface area contributed by atoms with Gasteiger partial charge in [-0.15, -0.1) is 11.3 Å². The largest absolute Gasteiger partial charge is 0.355 e. The van der Waals surface area contributed by atoms with E-state index in [1.165, 1.54) is 16.7 Å². The molecule has 0 amide bonds. The van der Waals surface area contributed by atoms with E-state index in [4.69, 9.17) is 0 Å². The first-order chi connectivity index (χ1) is 10.0. The van der Waals surface area contributed by atoms with Gasteiger partial charge in [0.15, 0.2) is 0 Å². The Hall–Kier alpha value is -1.51. The second kappa shape index (κ2) is 6.97. The van der Waals surface area contributed by atoms with E-state index in [0.717, 1.165) is 4.88 Å². The van der Waals surface area contributed by atoms with Gasteiger partial charge in [0.05, 0.1) is 12.4 Å². The number of nitrogens with zero attached hydrogens (tertiary/aromatic N) is 3. The van der Waals surface area contributed by atoms with Crippen LogP contribution in [0.1, 0.15) is 11.8 Å². The summed E-state index contributed by atoms with van der Waals surface area (Å²) in [7, 11) is -1.97. The van der Waals surface area contributed by atoms with E-state index in [-0.39, 0.29) is 4.90 Å². The van der Waals surface area contributed by atoms with Gasteiger partial charge in [0.2, 0.25) is 16.0 Å². The van der Waals surface area contributed by atoms with Gasteiger partial charge in [0, 0.05) is 25.0 Å². The van der Waals surface area contributed by atoms with Crippen molar-refractivity contribution in [2.24, 2.45) is 0 Å². The number of rotatable bonds is 7. The number of sulfonamides is 1. The van der Waals surface area contributed by atoms with E-state index in [1.807, 2.05) is 24.4 Å². The molecule has 2 heterocycles. The highest BCUT2D eigenvalue weighted by molar-refractivity contribution is 7.89. The fraction of sp³-hybridized carbons (Fsp3) is 0.385. The Balaban J connectivity index is 2.05. The van der Waals surface area contributed by atoms with E-state index in [2.05, 4.69) is 15.3 Å². The molecule has 0 spiro atoms. The van der Waals surface area contributed by atoms with Crippen LogP contribution in [0.5, 0.6) is 0 Å². The average molecular weight is 326 g/mol. The smallest absolute Gasteiger partial charge is 0.245 e. The highest BCUT2D eigenvalue weighted by Crippen LogP contribution is 2.15. The van der Waals surface area contributed by atoms with E-state index in [1.54, 1.807) is 18.4 Å². The van der Waals surface area contributed by atoms with Crippen LogP contribution in [-0.2, 0) is 16.4 Å². The third-order valence-electron chi connectivity index (χ3n) is 2.92. The summed E-state index contributed by atoms with van der Waals surface area (Å²) in [6.07, 6.45) is 3.37. The molecule has 0 aliphatic carbocycles. The Kier molecular flexibility index (Phi) is 5.27. The average Bonchev–Trinajstić information content (AvgIpc) is 2.99. The van der Waals surface area contributed by atoms with Crippen LogP contribution >= 0.6 is 11.3 Å². The van der Waals surface area contributed by atoms with E-state index < -0.39 is 10.0 Å². The summed E-state index contributed by atoms with van der Waals surface area (Å²) in [5.74, 6) is 0.428. The minimum atomic E-state index is -3.54. The molecule has 114 valence electrons. The lowest BCUT2D eigenvalue weighted by Gasteiger charge is -2.16. The van der Waals surface area contributed by atoms with Crippen LogP contribution in [0, 0.1) is 0 Å². The van der Waals surface area contributed by atoms with Gasteiger partial charge in [0.25, 0.3) is 0 Å². The van der Waals surface area contributed by atoms with Gasteiger partial charge in [-0.3, -0.25) is 0 Å². The van der Waals surface area contributed by atoms with E-state index in [0.29, 0.717) is 25.5 Å². The summed E-state index contributed by atoms with van der Waals surface area (Å²) >= 11 is 1.62. The lowest BCUT2D eigenvalue weighted by atomic mass is 10.3. The Morgan fingerprint density at radius 3 is 2.62 bits per heavy atom. The number of nitrogens with one attached hydrogen (secondary N) is 1. The molecular formula is C13H18N4O2S2. The standard InChI is InChI=1S/C13H18N4O2S2/c1-3-14-13-15-9-12(10-16-13)21(18,19)17(2)7-6-11-5-4-8-20-11/h4-5,8-10H,3,6-7H2,1-2H3,(H,14,15,16). The molecule has 0 bridgehead atoms. The monoisotopic (exact) mass is 326 g/mol. The minimum Gasteiger partial charge on any atom is -0.355 e. The lowest BCUT2D eigenvalue weighted by molar-refractivity contribution is 0.473. The number of hydrogen-bond donors (Lipinski definition) is 1. The molecule has 2 rings (SSSR count). The molecule has 2 aromatic rings. The van der Waals surface area contributed by atoms with Crippen LogP contribution in [0.3, 0.4) is 0 Å². The fourth-order valence-corrected chi connectivity index (χ4v) is 3.48. The number of hydrogen-bond acceptors (Lipinski definition) is 6. The van der Waals surface area contributed by atoms with E-state index >= 15 is 0 Å². The maximum absolute atomic E-state index is 12.4. The van der Waals surface area contributed by atoms with Crippen molar-refractivity contribution in [3.63, 3.8) is 0 Å². The Labute approximate surface area is 128 Å². The molecule has 0 aliphatic rings. The quantitative estimate of drug-likeness (QED) is 0.840. The highest BCUT2D eigenvalue weighted by Gasteiger charge is 2.21. The molecule has 21 heavy (non-hydrogen) atoms. The molecule has 1 N–H and O–H groups in total. The summed E-state index contributed by atoms with van der Waals surface area (Å²) in [6.45, 7) is 3.04. The Morgan fingerprint density at radius 2 is 2.05 bits per heavy atom. The number of likely N-dealkylation sites (N-methyl/N-ethyl adjacent to an activating group) is 1. The van der Waals surface area contributed by atoms with Crippen molar-refractivity contribution in [1.82, 2.24) is 14.3 Å². The SMILES string of the molecule is CCNc1ncc(S(=O)(=O)N(C)CCc2cccs2)cn1. The van der Waals surface area contributed by atoms with Crippen molar-refractivity contribution in [3.8, 4) is 0 Å². The maximum atomic E-state index is 12.4. The second-order valence-electron chi connectivity index (χ2n) is 4.43. The van der Waals surface area contributed by atoms with Crippen molar-refractivity contribution in [3.05, 3.63) is 34.8 Å². The molecular weight excluding hydrogens is 308 g/mol. The molecule has 8 heteroatoms.